The van der Waals surface area contributed by atoms with E-state index < -0.39 is 0 Å². The number of allylic oxidation sites excluding steroid dienone is 1. The number of para-hydroxylation sites is 1. The first kappa shape index (κ1) is 14.5. The van der Waals surface area contributed by atoms with Gasteiger partial charge >= 0.3 is 0 Å². The van der Waals surface area contributed by atoms with Gasteiger partial charge in [0.05, 0.1) is 5.41 Å². The first-order valence-electron chi connectivity index (χ1n) is 7.14. The van der Waals surface area contributed by atoms with Crippen molar-refractivity contribution in [1.82, 2.24) is 0 Å². The number of hydrogen-bond acceptors (Lipinski definition) is 0. The molecule has 2 aromatic rings. The van der Waals surface area contributed by atoms with Crippen LogP contribution in [-0.4, -0.2) is 17.3 Å². The van der Waals surface area contributed by atoms with Gasteiger partial charge in [0.1, 0.15) is 7.05 Å². The van der Waals surface area contributed by atoms with Crippen molar-refractivity contribution in [1.29, 1.82) is 0 Å². The molecule has 0 bridgehead atoms. The molecule has 3 rings (SSSR count). The van der Waals surface area contributed by atoms with E-state index in [4.69, 9.17) is 0 Å². The summed E-state index contributed by atoms with van der Waals surface area (Å²) in [6, 6.07) is 17.3. The number of hydrogen-bond donors (Lipinski definition) is 0. The van der Waals surface area contributed by atoms with Crippen LogP contribution in [0.25, 0.3) is 6.08 Å². The minimum atomic E-state index is 0.0467. The molecule has 0 amide bonds. The molecule has 0 aliphatic carbocycles. The Balaban J connectivity index is 2.00. The molecule has 0 atom stereocenters. The van der Waals surface area contributed by atoms with Crippen LogP contribution in [0.3, 0.4) is 0 Å². The Morgan fingerprint density at radius 2 is 1.62 bits per heavy atom. The van der Waals surface area contributed by atoms with Crippen LogP contribution in [0.5, 0.6) is 0 Å². The normalized spacial score (nSPS) is 16.6. The molecule has 0 saturated carbocycles. The maximum Gasteiger partial charge on any atom is 0.209 e. The second-order valence-electron chi connectivity index (χ2n) is 5.97. The summed E-state index contributed by atoms with van der Waals surface area (Å²) in [7, 11) is 2.15. The van der Waals surface area contributed by atoms with Gasteiger partial charge in [0.15, 0.2) is 5.71 Å². The third-order valence-electron chi connectivity index (χ3n) is 4.24. The number of nitrogens with zero attached hydrogens (tertiary/aromatic N) is 1. The summed E-state index contributed by atoms with van der Waals surface area (Å²) in [6.45, 7) is 4.59. The Labute approximate surface area is 140 Å². The zero-order chi connectivity index (χ0) is 15.0. The van der Waals surface area contributed by atoms with Gasteiger partial charge < -0.3 is 0 Å². The number of rotatable bonds is 2. The van der Waals surface area contributed by atoms with Gasteiger partial charge in [0.25, 0.3) is 0 Å². The number of benzene rings is 2. The standard InChI is InChI=1S/C19H19IN/c1-19(2)16-6-4-5-7-17(16)21(3)18(19)13-10-14-8-11-15(20)12-9-14/h4-13H,1-3H3/q+1. The van der Waals surface area contributed by atoms with Gasteiger partial charge in [-0.15, -0.1) is 0 Å². The summed E-state index contributed by atoms with van der Waals surface area (Å²) >= 11 is 2.33. The first-order chi connectivity index (χ1) is 10.00. The monoisotopic (exact) mass is 388 g/mol. The molecule has 1 aliphatic rings. The lowest BCUT2D eigenvalue weighted by atomic mass is 9.81. The molecule has 2 heteroatoms. The quantitative estimate of drug-likeness (QED) is 0.503. The van der Waals surface area contributed by atoms with Crippen LogP contribution in [0, 0.1) is 3.57 Å². The van der Waals surface area contributed by atoms with E-state index in [-0.39, 0.29) is 5.41 Å². The fourth-order valence-corrected chi connectivity index (χ4v) is 3.41. The Kier molecular flexibility index (Phi) is 3.74. The Bertz CT molecular complexity index is 736. The summed E-state index contributed by atoms with van der Waals surface area (Å²) in [5.41, 5.74) is 5.33. The average molecular weight is 388 g/mol. The predicted molar refractivity (Wildman–Crippen MR) is 98.5 cm³/mol. The van der Waals surface area contributed by atoms with Crippen molar-refractivity contribution in [3.05, 3.63) is 69.3 Å². The van der Waals surface area contributed by atoms with Crippen molar-refractivity contribution in [3.63, 3.8) is 0 Å². The maximum absolute atomic E-state index is 2.33. The maximum atomic E-state index is 2.33. The molecule has 2 aromatic carbocycles. The molecule has 0 unspecified atom stereocenters. The summed E-state index contributed by atoms with van der Waals surface area (Å²) in [6.07, 6.45) is 4.46. The van der Waals surface area contributed by atoms with Gasteiger partial charge in [0.2, 0.25) is 5.69 Å². The van der Waals surface area contributed by atoms with E-state index in [2.05, 4.69) is 109 Å². The SMILES string of the molecule is C[N+]1=C(C=Cc2ccc(I)cc2)C(C)(C)c2ccccc21. The zero-order valence-corrected chi connectivity index (χ0v) is 14.8. The minimum absolute atomic E-state index is 0.0467. The average Bonchev–Trinajstić information content (AvgIpc) is 2.67. The lowest BCUT2D eigenvalue weighted by Crippen LogP contribution is -2.26. The molecule has 0 aromatic heterocycles. The van der Waals surface area contributed by atoms with Crippen molar-refractivity contribution in [2.24, 2.45) is 0 Å². The number of halogens is 1. The van der Waals surface area contributed by atoms with Crippen LogP contribution < -0.4 is 0 Å². The molecule has 106 valence electrons. The largest absolute Gasteiger partial charge is 0.209 e. The first-order valence-corrected chi connectivity index (χ1v) is 8.22. The molecular formula is C19H19IN+. The molecule has 0 radical (unpaired) electrons. The number of fused-ring (bicyclic) bond motifs is 1. The summed E-state index contributed by atoms with van der Waals surface area (Å²) in [5.74, 6) is 0. The highest BCUT2D eigenvalue weighted by atomic mass is 127. The smallest absolute Gasteiger partial charge is 0.198 e. The third-order valence-corrected chi connectivity index (χ3v) is 4.96. The zero-order valence-electron chi connectivity index (χ0n) is 12.6. The van der Waals surface area contributed by atoms with Gasteiger partial charge in [0, 0.05) is 21.3 Å². The van der Waals surface area contributed by atoms with Gasteiger partial charge in [-0.1, -0.05) is 30.3 Å². The van der Waals surface area contributed by atoms with E-state index in [1.165, 1.54) is 26.1 Å². The van der Waals surface area contributed by atoms with Gasteiger partial charge in [-0.05, 0) is 60.2 Å². The molecule has 21 heavy (non-hydrogen) atoms. The second kappa shape index (κ2) is 5.41. The fraction of sp³-hybridized carbons (Fsp3) is 0.211. The highest BCUT2D eigenvalue weighted by Gasteiger charge is 2.42. The predicted octanol–water partition coefficient (Wildman–Crippen LogP) is 5.01. The lowest BCUT2D eigenvalue weighted by Gasteiger charge is -2.15. The highest BCUT2D eigenvalue weighted by Crippen LogP contribution is 2.39. The third kappa shape index (κ3) is 2.57. The minimum Gasteiger partial charge on any atom is -0.198 e. The van der Waals surface area contributed by atoms with Crippen LogP contribution in [0.2, 0.25) is 0 Å². The molecule has 0 spiro atoms. The summed E-state index contributed by atoms with van der Waals surface area (Å²) in [4.78, 5) is 0. The van der Waals surface area contributed by atoms with E-state index in [1.807, 2.05) is 0 Å². The highest BCUT2D eigenvalue weighted by molar-refractivity contribution is 14.1. The molecular weight excluding hydrogens is 369 g/mol. The lowest BCUT2D eigenvalue weighted by molar-refractivity contribution is -0.401. The van der Waals surface area contributed by atoms with E-state index in [0.717, 1.165) is 0 Å². The van der Waals surface area contributed by atoms with Crippen molar-refractivity contribution in [2.75, 3.05) is 7.05 Å². The van der Waals surface area contributed by atoms with Crippen molar-refractivity contribution in [3.8, 4) is 0 Å². The van der Waals surface area contributed by atoms with Crippen LogP contribution >= 0.6 is 22.6 Å². The summed E-state index contributed by atoms with van der Waals surface area (Å²) in [5, 5.41) is 0. The van der Waals surface area contributed by atoms with Gasteiger partial charge in [-0.2, -0.15) is 4.58 Å². The van der Waals surface area contributed by atoms with Crippen molar-refractivity contribution in [2.45, 2.75) is 19.3 Å². The van der Waals surface area contributed by atoms with E-state index in [1.54, 1.807) is 0 Å². The molecule has 1 heterocycles. The van der Waals surface area contributed by atoms with E-state index in [9.17, 15) is 0 Å². The summed E-state index contributed by atoms with van der Waals surface area (Å²) < 4.78 is 3.57. The van der Waals surface area contributed by atoms with Crippen LogP contribution in [0.15, 0.2) is 54.6 Å². The van der Waals surface area contributed by atoms with Gasteiger partial charge in [-0.25, -0.2) is 0 Å². The second-order valence-corrected chi connectivity index (χ2v) is 7.22. The Morgan fingerprint density at radius 1 is 0.952 bits per heavy atom. The van der Waals surface area contributed by atoms with Crippen molar-refractivity contribution < 1.29 is 4.58 Å². The Hall–Kier alpha value is -1.42. The van der Waals surface area contributed by atoms with Crippen LogP contribution in [0.4, 0.5) is 5.69 Å². The van der Waals surface area contributed by atoms with E-state index in [0.29, 0.717) is 0 Å². The van der Waals surface area contributed by atoms with E-state index >= 15 is 0 Å². The fourth-order valence-electron chi connectivity index (χ4n) is 3.05. The van der Waals surface area contributed by atoms with Gasteiger partial charge in [-0.3, -0.25) is 0 Å². The molecule has 0 fully saturated rings. The molecule has 1 nitrogen and oxygen atoms in total. The Morgan fingerprint density at radius 3 is 2.29 bits per heavy atom. The van der Waals surface area contributed by atoms with Crippen LogP contribution in [-0.2, 0) is 5.41 Å². The molecule has 0 saturated heterocycles. The molecule has 0 N–H and O–H groups in total. The molecule has 1 aliphatic heterocycles. The van der Waals surface area contributed by atoms with Crippen molar-refractivity contribution >= 4 is 40.1 Å². The topological polar surface area (TPSA) is 3.01 Å². The van der Waals surface area contributed by atoms with Crippen LogP contribution in [0.1, 0.15) is 25.0 Å².